The molecule has 0 N–H and O–H groups in total. The van der Waals surface area contributed by atoms with Crippen LogP contribution in [0.4, 0.5) is 0 Å². The van der Waals surface area contributed by atoms with Crippen molar-refractivity contribution in [3.8, 4) is 6.07 Å². The van der Waals surface area contributed by atoms with Crippen LogP contribution < -0.4 is 0 Å². The summed E-state index contributed by atoms with van der Waals surface area (Å²) in [6, 6.07) is 12.0. The summed E-state index contributed by atoms with van der Waals surface area (Å²) in [4.78, 5) is 14.4. The number of likely N-dealkylation sites (tertiary alicyclic amines) is 1. The molecular weight excluding hydrogens is 248 g/mol. The van der Waals surface area contributed by atoms with E-state index in [1.165, 1.54) is 6.42 Å². The van der Waals surface area contributed by atoms with Crippen molar-refractivity contribution in [3.63, 3.8) is 0 Å². The second kappa shape index (κ2) is 6.56. The molecule has 3 nitrogen and oxygen atoms in total. The monoisotopic (exact) mass is 270 g/mol. The summed E-state index contributed by atoms with van der Waals surface area (Å²) >= 11 is 0. The van der Waals surface area contributed by atoms with E-state index in [0.717, 1.165) is 18.7 Å². The fourth-order valence-electron chi connectivity index (χ4n) is 3.10. The molecule has 2 rings (SSSR count). The van der Waals surface area contributed by atoms with E-state index in [9.17, 15) is 10.1 Å². The zero-order chi connectivity index (χ0) is 14.5. The number of benzene rings is 1. The number of nitriles is 1. The fraction of sp³-hybridized carbons (Fsp3) is 0.529. The van der Waals surface area contributed by atoms with Crippen molar-refractivity contribution in [1.82, 2.24) is 4.90 Å². The molecule has 0 aromatic heterocycles. The lowest BCUT2D eigenvalue weighted by Gasteiger charge is -2.36. The topological polar surface area (TPSA) is 44.1 Å². The Balaban J connectivity index is 2.04. The van der Waals surface area contributed by atoms with Gasteiger partial charge >= 0.3 is 0 Å². The fourth-order valence-corrected chi connectivity index (χ4v) is 3.10. The summed E-state index contributed by atoms with van der Waals surface area (Å²) < 4.78 is 0. The Hall–Kier alpha value is -1.82. The van der Waals surface area contributed by atoms with Crippen LogP contribution in [0.3, 0.4) is 0 Å². The van der Waals surface area contributed by atoms with Gasteiger partial charge in [0.25, 0.3) is 0 Å². The van der Waals surface area contributed by atoms with E-state index in [4.69, 9.17) is 0 Å². The summed E-state index contributed by atoms with van der Waals surface area (Å²) in [5, 5.41) is 9.32. The minimum atomic E-state index is -0.560. The van der Waals surface area contributed by atoms with Crippen molar-refractivity contribution in [2.45, 2.75) is 26.7 Å². The van der Waals surface area contributed by atoms with Crippen LogP contribution in [0.1, 0.15) is 25.8 Å². The van der Waals surface area contributed by atoms with Crippen LogP contribution in [0.25, 0.3) is 0 Å². The first-order valence-corrected chi connectivity index (χ1v) is 7.32. The predicted molar refractivity (Wildman–Crippen MR) is 78.8 cm³/mol. The molecule has 1 aromatic rings. The third kappa shape index (κ3) is 3.60. The molecule has 1 saturated heterocycles. The number of hydrogen-bond donors (Lipinski definition) is 0. The van der Waals surface area contributed by atoms with Crippen molar-refractivity contribution in [2.24, 2.45) is 17.8 Å². The number of nitrogens with zero attached hydrogens (tertiary/aromatic N) is 2. The maximum Gasteiger partial charge on any atom is 0.240 e. The van der Waals surface area contributed by atoms with Crippen molar-refractivity contribution in [2.75, 3.05) is 13.1 Å². The minimum absolute atomic E-state index is 0.00486. The van der Waals surface area contributed by atoms with Gasteiger partial charge in [-0.25, -0.2) is 0 Å². The maximum absolute atomic E-state index is 12.5. The van der Waals surface area contributed by atoms with Gasteiger partial charge in [-0.05, 0) is 30.2 Å². The first-order valence-electron chi connectivity index (χ1n) is 7.32. The number of hydrogen-bond acceptors (Lipinski definition) is 2. The highest BCUT2D eigenvalue weighted by molar-refractivity contribution is 5.81. The highest BCUT2D eigenvalue weighted by Crippen LogP contribution is 2.23. The van der Waals surface area contributed by atoms with Gasteiger partial charge in [0.15, 0.2) is 0 Å². The molecule has 1 heterocycles. The SMILES string of the molecule is CC1CC(C)CN(C(=O)C(C#N)Cc2ccccc2)C1. The van der Waals surface area contributed by atoms with Crippen molar-refractivity contribution >= 4 is 5.91 Å². The van der Waals surface area contributed by atoms with Gasteiger partial charge in [-0.15, -0.1) is 0 Å². The standard InChI is InChI=1S/C17H22N2O/c1-13-8-14(2)12-19(11-13)17(20)16(10-18)9-15-6-4-3-5-7-15/h3-7,13-14,16H,8-9,11-12H2,1-2H3. The molecule has 1 amide bonds. The van der Waals surface area contributed by atoms with Gasteiger partial charge in [0, 0.05) is 13.1 Å². The lowest BCUT2D eigenvalue weighted by molar-refractivity contribution is -0.136. The summed E-state index contributed by atoms with van der Waals surface area (Å²) in [5.74, 6) is 0.488. The zero-order valence-corrected chi connectivity index (χ0v) is 12.2. The van der Waals surface area contributed by atoms with Crippen LogP contribution in [0.5, 0.6) is 0 Å². The molecule has 0 spiro atoms. The summed E-state index contributed by atoms with van der Waals surface area (Å²) in [7, 11) is 0. The van der Waals surface area contributed by atoms with Gasteiger partial charge in [-0.2, -0.15) is 5.26 Å². The van der Waals surface area contributed by atoms with E-state index < -0.39 is 5.92 Å². The zero-order valence-electron chi connectivity index (χ0n) is 12.2. The highest BCUT2D eigenvalue weighted by Gasteiger charge is 2.30. The number of amides is 1. The Bertz CT molecular complexity index is 481. The third-order valence-electron chi connectivity index (χ3n) is 3.92. The Kier molecular flexibility index (Phi) is 4.79. The molecule has 3 unspecified atom stereocenters. The van der Waals surface area contributed by atoms with Gasteiger partial charge in [-0.3, -0.25) is 4.79 Å². The van der Waals surface area contributed by atoms with Crippen LogP contribution in [-0.2, 0) is 11.2 Å². The molecule has 106 valence electrons. The molecule has 1 aliphatic heterocycles. The molecule has 1 fully saturated rings. The number of carbonyl (C=O) groups excluding carboxylic acids is 1. The molecule has 1 aliphatic rings. The Labute approximate surface area is 121 Å². The van der Waals surface area contributed by atoms with Gasteiger partial charge in [-0.1, -0.05) is 44.2 Å². The average Bonchev–Trinajstić information content (AvgIpc) is 2.44. The van der Waals surface area contributed by atoms with Crippen LogP contribution in [0, 0.1) is 29.1 Å². The summed E-state index contributed by atoms with van der Waals surface area (Å²) in [6.45, 7) is 5.93. The largest absolute Gasteiger partial charge is 0.341 e. The molecule has 1 aromatic carbocycles. The molecule has 0 saturated carbocycles. The molecule has 0 aliphatic carbocycles. The van der Waals surface area contributed by atoms with Gasteiger partial charge in [0.1, 0.15) is 5.92 Å². The van der Waals surface area contributed by atoms with Crippen LogP contribution in [0.2, 0.25) is 0 Å². The minimum Gasteiger partial charge on any atom is -0.341 e. The van der Waals surface area contributed by atoms with Crippen LogP contribution >= 0.6 is 0 Å². The van der Waals surface area contributed by atoms with Gasteiger partial charge < -0.3 is 4.90 Å². The lowest BCUT2D eigenvalue weighted by atomic mass is 9.90. The second-order valence-electron chi connectivity index (χ2n) is 6.06. The normalized spacial score (nSPS) is 23.9. The Morgan fingerprint density at radius 1 is 1.30 bits per heavy atom. The van der Waals surface area contributed by atoms with E-state index in [2.05, 4.69) is 19.9 Å². The van der Waals surface area contributed by atoms with Crippen molar-refractivity contribution in [3.05, 3.63) is 35.9 Å². The van der Waals surface area contributed by atoms with E-state index in [0.29, 0.717) is 18.3 Å². The Morgan fingerprint density at radius 2 is 1.90 bits per heavy atom. The number of piperidine rings is 1. The van der Waals surface area contributed by atoms with Crippen LogP contribution in [0.15, 0.2) is 30.3 Å². The maximum atomic E-state index is 12.5. The smallest absolute Gasteiger partial charge is 0.240 e. The van der Waals surface area contributed by atoms with Gasteiger partial charge in [0.2, 0.25) is 5.91 Å². The van der Waals surface area contributed by atoms with Crippen molar-refractivity contribution in [1.29, 1.82) is 5.26 Å². The Morgan fingerprint density at radius 3 is 2.45 bits per heavy atom. The first-order chi connectivity index (χ1) is 9.60. The quantitative estimate of drug-likeness (QED) is 0.847. The highest BCUT2D eigenvalue weighted by atomic mass is 16.2. The molecule has 0 radical (unpaired) electrons. The van der Waals surface area contributed by atoms with E-state index in [1.54, 1.807) is 0 Å². The first kappa shape index (κ1) is 14.6. The second-order valence-corrected chi connectivity index (χ2v) is 6.06. The van der Waals surface area contributed by atoms with Crippen molar-refractivity contribution < 1.29 is 4.79 Å². The predicted octanol–water partition coefficient (Wildman–Crippen LogP) is 2.87. The molecular formula is C17H22N2O. The summed E-state index contributed by atoms with van der Waals surface area (Å²) in [6.07, 6.45) is 1.68. The number of rotatable bonds is 3. The number of carbonyl (C=O) groups is 1. The molecule has 0 bridgehead atoms. The van der Waals surface area contributed by atoms with Crippen LogP contribution in [-0.4, -0.2) is 23.9 Å². The van der Waals surface area contributed by atoms with E-state index >= 15 is 0 Å². The third-order valence-corrected chi connectivity index (χ3v) is 3.92. The summed E-state index contributed by atoms with van der Waals surface area (Å²) in [5.41, 5.74) is 1.05. The molecule has 20 heavy (non-hydrogen) atoms. The average molecular weight is 270 g/mol. The van der Waals surface area contributed by atoms with Gasteiger partial charge in [0.05, 0.1) is 6.07 Å². The molecule has 3 atom stereocenters. The van der Waals surface area contributed by atoms with E-state index in [-0.39, 0.29) is 5.91 Å². The van der Waals surface area contributed by atoms with E-state index in [1.807, 2.05) is 35.2 Å². The molecule has 3 heteroatoms. The lowest BCUT2D eigenvalue weighted by Crippen LogP contribution is -2.45.